The zero-order valence-corrected chi connectivity index (χ0v) is 8.97. The maximum Gasteiger partial charge on any atom is 0.211 e. The zero-order valence-electron chi connectivity index (χ0n) is 6.81. The predicted molar refractivity (Wildman–Crippen MR) is 62.6 cm³/mol. The van der Waals surface area contributed by atoms with Gasteiger partial charge in [-0.25, -0.2) is 0 Å². The van der Waals surface area contributed by atoms with Gasteiger partial charge in [0.1, 0.15) is 0 Å². The van der Waals surface area contributed by atoms with E-state index in [9.17, 15) is 0 Å². The van der Waals surface area contributed by atoms with Gasteiger partial charge < -0.3 is 11.5 Å². The molecule has 4 nitrogen and oxygen atoms in total. The summed E-state index contributed by atoms with van der Waals surface area (Å²) in [6.45, 7) is 0. The number of guanidine groups is 1. The van der Waals surface area contributed by atoms with Crippen LogP contribution in [0.25, 0.3) is 0 Å². The number of nitrogens with zero attached hydrogens (tertiary/aromatic N) is 2. The number of hydrogen-bond acceptors (Lipinski definition) is 2. The van der Waals surface area contributed by atoms with E-state index in [1.54, 1.807) is 6.21 Å². The molecule has 0 bridgehead atoms. The van der Waals surface area contributed by atoms with Gasteiger partial charge in [-0.05, 0) is 40.3 Å². The van der Waals surface area contributed by atoms with Crippen LogP contribution in [0.1, 0.15) is 5.56 Å². The van der Waals surface area contributed by atoms with Crippen molar-refractivity contribution in [3.8, 4) is 0 Å². The molecule has 0 spiro atoms. The Kier molecular flexibility index (Phi) is 3.69. The van der Waals surface area contributed by atoms with Crippen molar-refractivity contribution in [3.05, 3.63) is 33.4 Å². The van der Waals surface area contributed by atoms with Gasteiger partial charge in [-0.3, -0.25) is 0 Å². The highest BCUT2D eigenvalue weighted by atomic mass is 127. The lowest BCUT2D eigenvalue weighted by Crippen LogP contribution is -2.21. The van der Waals surface area contributed by atoms with Gasteiger partial charge in [-0.1, -0.05) is 12.1 Å². The van der Waals surface area contributed by atoms with Gasteiger partial charge in [-0.2, -0.15) is 5.10 Å². The lowest BCUT2D eigenvalue weighted by molar-refractivity contribution is 1.21. The molecular formula is C8H9IN4. The minimum absolute atomic E-state index is 0.0399. The second-order valence-corrected chi connectivity index (χ2v) is 3.57. The van der Waals surface area contributed by atoms with Crippen molar-refractivity contribution in [2.45, 2.75) is 0 Å². The predicted octanol–water partition coefficient (Wildman–Crippen LogP) is 0.899. The molecular weight excluding hydrogens is 279 g/mol. The van der Waals surface area contributed by atoms with Crippen LogP contribution in [0.3, 0.4) is 0 Å². The summed E-state index contributed by atoms with van der Waals surface area (Å²) in [5, 5.41) is 7.18. The Morgan fingerprint density at radius 3 is 2.77 bits per heavy atom. The first-order chi connectivity index (χ1) is 6.18. The molecule has 0 aromatic heterocycles. The molecule has 68 valence electrons. The lowest BCUT2D eigenvalue weighted by Gasteiger charge is -1.91. The summed E-state index contributed by atoms with van der Waals surface area (Å²) >= 11 is 2.22. The molecule has 0 aliphatic heterocycles. The molecule has 0 aliphatic carbocycles. The molecule has 0 fully saturated rings. The van der Waals surface area contributed by atoms with Crippen molar-refractivity contribution in [3.63, 3.8) is 0 Å². The van der Waals surface area contributed by atoms with Crippen LogP contribution in [0, 0.1) is 3.57 Å². The fourth-order valence-corrected chi connectivity index (χ4v) is 1.32. The second kappa shape index (κ2) is 4.80. The van der Waals surface area contributed by atoms with Gasteiger partial charge in [0.25, 0.3) is 0 Å². The summed E-state index contributed by atoms with van der Waals surface area (Å²) in [5.74, 6) is -0.0399. The molecule has 0 amide bonds. The quantitative estimate of drug-likeness (QED) is 0.367. The summed E-state index contributed by atoms with van der Waals surface area (Å²) in [6, 6.07) is 7.84. The van der Waals surface area contributed by atoms with Crippen LogP contribution in [0.2, 0.25) is 0 Å². The first kappa shape index (κ1) is 9.97. The Morgan fingerprint density at radius 1 is 1.38 bits per heavy atom. The summed E-state index contributed by atoms with van der Waals surface area (Å²) in [6.07, 6.45) is 1.60. The Hall–Kier alpha value is -1.11. The van der Waals surface area contributed by atoms with E-state index in [0.29, 0.717) is 0 Å². The molecule has 0 atom stereocenters. The Bertz CT molecular complexity index is 342. The third-order valence-electron chi connectivity index (χ3n) is 1.23. The molecule has 5 heteroatoms. The van der Waals surface area contributed by atoms with Gasteiger partial charge in [0, 0.05) is 3.57 Å². The van der Waals surface area contributed by atoms with E-state index < -0.39 is 0 Å². The molecule has 0 unspecified atom stereocenters. The molecule has 0 radical (unpaired) electrons. The molecule has 0 aliphatic rings. The standard InChI is InChI=1S/C8H9IN4/c9-7-3-1-2-6(4-7)5-12-13-8(10)11/h1-5H,(H4,10,11,13)/b12-5-. The minimum Gasteiger partial charge on any atom is -0.369 e. The van der Waals surface area contributed by atoms with Crippen LogP contribution in [0.5, 0.6) is 0 Å². The fraction of sp³-hybridized carbons (Fsp3) is 0. The molecule has 1 aromatic rings. The number of hydrogen-bond donors (Lipinski definition) is 2. The smallest absolute Gasteiger partial charge is 0.211 e. The topological polar surface area (TPSA) is 76.8 Å². The minimum atomic E-state index is -0.0399. The zero-order chi connectivity index (χ0) is 9.68. The lowest BCUT2D eigenvalue weighted by atomic mass is 10.2. The van der Waals surface area contributed by atoms with E-state index >= 15 is 0 Å². The third kappa shape index (κ3) is 3.88. The number of benzene rings is 1. The molecule has 1 rings (SSSR count). The number of rotatable bonds is 2. The van der Waals surface area contributed by atoms with Crippen molar-refractivity contribution in [1.29, 1.82) is 0 Å². The molecule has 4 N–H and O–H groups in total. The maximum absolute atomic E-state index is 5.10. The van der Waals surface area contributed by atoms with Crippen molar-refractivity contribution in [1.82, 2.24) is 0 Å². The largest absolute Gasteiger partial charge is 0.369 e. The van der Waals surface area contributed by atoms with E-state index in [1.807, 2.05) is 24.3 Å². The van der Waals surface area contributed by atoms with E-state index in [2.05, 4.69) is 32.8 Å². The fourth-order valence-electron chi connectivity index (χ4n) is 0.749. The van der Waals surface area contributed by atoms with Crippen molar-refractivity contribution < 1.29 is 0 Å². The van der Waals surface area contributed by atoms with Crippen molar-refractivity contribution in [2.24, 2.45) is 21.7 Å². The van der Waals surface area contributed by atoms with Crippen molar-refractivity contribution in [2.75, 3.05) is 0 Å². The highest BCUT2D eigenvalue weighted by Crippen LogP contribution is 2.05. The summed E-state index contributed by atoms with van der Waals surface area (Å²) < 4.78 is 1.14. The summed E-state index contributed by atoms with van der Waals surface area (Å²) in [7, 11) is 0. The van der Waals surface area contributed by atoms with Gasteiger partial charge in [0.15, 0.2) is 0 Å². The number of halogens is 1. The number of nitrogens with two attached hydrogens (primary N) is 2. The Balaban J connectivity index is 2.75. The SMILES string of the molecule is NC(N)=N/N=C\c1cccc(I)c1. The third-order valence-corrected chi connectivity index (χ3v) is 1.90. The van der Waals surface area contributed by atoms with Gasteiger partial charge in [0.05, 0.1) is 6.21 Å². The molecule has 0 saturated carbocycles. The van der Waals surface area contributed by atoms with Crippen LogP contribution < -0.4 is 11.5 Å². The molecule has 0 saturated heterocycles. The molecule has 13 heavy (non-hydrogen) atoms. The van der Waals surface area contributed by atoms with Crippen molar-refractivity contribution >= 4 is 34.8 Å². The monoisotopic (exact) mass is 288 g/mol. The average molecular weight is 288 g/mol. The first-order valence-corrected chi connectivity index (χ1v) is 4.64. The van der Waals surface area contributed by atoms with E-state index in [0.717, 1.165) is 9.13 Å². The van der Waals surface area contributed by atoms with E-state index in [4.69, 9.17) is 11.5 Å². The van der Waals surface area contributed by atoms with E-state index in [1.165, 1.54) is 0 Å². The highest BCUT2D eigenvalue weighted by Gasteiger charge is 1.88. The second-order valence-electron chi connectivity index (χ2n) is 2.32. The Labute approximate surface area is 89.9 Å². The summed E-state index contributed by atoms with van der Waals surface area (Å²) in [5.41, 5.74) is 11.2. The molecule has 0 heterocycles. The van der Waals surface area contributed by atoms with Gasteiger partial charge >= 0.3 is 0 Å². The highest BCUT2D eigenvalue weighted by molar-refractivity contribution is 14.1. The van der Waals surface area contributed by atoms with Crippen LogP contribution >= 0.6 is 22.6 Å². The van der Waals surface area contributed by atoms with Crippen LogP contribution in [0.15, 0.2) is 34.5 Å². The van der Waals surface area contributed by atoms with Gasteiger partial charge in [-0.15, -0.1) is 5.10 Å². The van der Waals surface area contributed by atoms with Crippen LogP contribution in [-0.4, -0.2) is 12.2 Å². The van der Waals surface area contributed by atoms with E-state index in [-0.39, 0.29) is 5.96 Å². The Morgan fingerprint density at radius 2 is 2.15 bits per heavy atom. The first-order valence-electron chi connectivity index (χ1n) is 3.56. The summed E-state index contributed by atoms with van der Waals surface area (Å²) in [4.78, 5) is 0. The van der Waals surface area contributed by atoms with Crippen LogP contribution in [0.4, 0.5) is 0 Å². The normalized spacial score (nSPS) is 10.2. The molecule has 1 aromatic carbocycles. The maximum atomic E-state index is 5.10. The average Bonchev–Trinajstić information content (AvgIpc) is 2.03. The van der Waals surface area contributed by atoms with Gasteiger partial charge in [0.2, 0.25) is 5.96 Å². The van der Waals surface area contributed by atoms with Crippen LogP contribution in [-0.2, 0) is 0 Å².